The number of aromatic nitrogens is 4. The molecule has 6 heteroatoms. The van der Waals surface area contributed by atoms with E-state index in [0.29, 0.717) is 17.4 Å². The Kier molecular flexibility index (Phi) is 3.51. The number of nitrogens with zero attached hydrogens (tertiary/aromatic N) is 4. The third-order valence-corrected chi connectivity index (χ3v) is 3.59. The molecule has 5 nitrogen and oxygen atoms in total. The highest BCUT2D eigenvalue weighted by Gasteiger charge is 2.15. The van der Waals surface area contributed by atoms with Gasteiger partial charge in [-0.2, -0.15) is 15.1 Å². The molecule has 0 aliphatic carbocycles. The summed E-state index contributed by atoms with van der Waals surface area (Å²) in [5.41, 5.74) is 2.93. The van der Waals surface area contributed by atoms with Crippen molar-refractivity contribution in [2.24, 2.45) is 0 Å². The van der Waals surface area contributed by atoms with Crippen LogP contribution in [0.1, 0.15) is 25.3 Å². The predicted octanol–water partition coefficient (Wildman–Crippen LogP) is 3.63. The minimum Gasteiger partial charge on any atom is -0.372 e. The Bertz CT molecular complexity index is 794. The van der Waals surface area contributed by atoms with E-state index < -0.39 is 0 Å². The molecule has 0 bridgehead atoms. The molecule has 0 aliphatic rings. The van der Waals surface area contributed by atoms with Gasteiger partial charge < -0.3 is 5.32 Å². The van der Waals surface area contributed by atoms with Gasteiger partial charge in [0.05, 0.1) is 17.3 Å². The van der Waals surface area contributed by atoms with Gasteiger partial charge in [0, 0.05) is 7.05 Å². The molecule has 0 saturated heterocycles. The molecule has 3 aromatic rings. The molecule has 0 radical (unpaired) electrons. The Morgan fingerprint density at radius 1 is 1.19 bits per heavy atom. The van der Waals surface area contributed by atoms with Gasteiger partial charge in [-0.15, -0.1) is 0 Å². The maximum absolute atomic E-state index is 6.02. The van der Waals surface area contributed by atoms with E-state index in [1.54, 1.807) is 13.2 Å². The number of nitrogens with one attached hydrogen (secondary N) is 1. The summed E-state index contributed by atoms with van der Waals surface area (Å²) in [7, 11) is 1.80. The first kappa shape index (κ1) is 13.8. The van der Waals surface area contributed by atoms with Crippen molar-refractivity contribution in [3.63, 3.8) is 0 Å². The second-order valence-electron chi connectivity index (χ2n) is 5.10. The fourth-order valence-electron chi connectivity index (χ4n) is 2.42. The van der Waals surface area contributed by atoms with E-state index in [1.807, 2.05) is 22.9 Å². The summed E-state index contributed by atoms with van der Waals surface area (Å²) in [5, 5.41) is 8.55. The van der Waals surface area contributed by atoms with Crippen LogP contribution in [0.25, 0.3) is 16.7 Å². The van der Waals surface area contributed by atoms with Gasteiger partial charge in [-0.1, -0.05) is 32.0 Å². The van der Waals surface area contributed by atoms with E-state index in [2.05, 4.69) is 40.3 Å². The Balaban J connectivity index is 2.30. The summed E-state index contributed by atoms with van der Waals surface area (Å²) in [6.45, 7) is 4.32. The number of benzene rings is 1. The van der Waals surface area contributed by atoms with Crippen molar-refractivity contribution in [2.45, 2.75) is 19.8 Å². The Morgan fingerprint density at radius 2 is 1.95 bits per heavy atom. The number of halogens is 1. The lowest BCUT2D eigenvalue weighted by atomic mass is 10.0. The van der Waals surface area contributed by atoms with Gasteiger partial charge in [-0.05, 0) is 29.1 Å². The van der Waals surface area contributed by atoms with E-state index in [1.165, 1.54) is 5.56 Å². The first-order chi connectivity index (χ1) is 10.1. The van der Waals surface area contributed by atoms with Gasteiger partial charge in [0.15, 0.2) is 5.65 Å². The molecule has 0 unspecified atom stereocenters. The van der Waals surface area contributed by atoms with E-state index in [9.17, 15) is 0 Å². The zero-order valence-electron chi connectivity index (χ0n) is 12.1. The van der Waals surface area contributed by atoms with Crippen LogP contribution in [0.15, 0.2) is 30.5 Å². The first-order valence-corrected chi connectivity index (χ1v) is 7.18. The fraction of sp³-hybridized carbons (Fsp3) is 0.267. The number of fused-ring (bicyclic) bond motifs is 1. The molecule has 21 heavy (non-hydrogen) atoms. The molecule has 0 aliphatic heterocycles. The van der Waals surface area contributed by atoms with Crippen LogP contribution < -0.4 is 5.32 Å². The summed E-state index contributed by atoms with van der Waals surface area (Å²) in [4.78, 5) is 8.51. The highest BCUT2D eigenvalue weighted by Crippen LogP contribution is 2.27. The quantitative estimate of drug-likeness (QED) is 0.751. The second kappa shape index (κ2) is 5.33. The van der Waals surface area contributed by atoms with Crippen LogP contribution in [0, 0.1) is 0 Å². The largest absolute Gasteiger partial charge is 0.372 e. The molecule has 108 valence electrons. The molecule has 0 atom stereocenters. The number of hydrogen-bond acceptors (Lipinski definition) is 4. The average Bonchev–Trinajstić information content (AvgIpc) is 2.89. The lowest BCUT2D eigenvalue weighted by Crippen LogP contribution is -2.04. The lowest BCUT2D eigenvalue weighted by molar-refractivity contribution is 0.816. The van der Waals surface area contributed by atoms with Gasteiger partial charge in [0.1, 0.15) is 5.82 Å². The van der Waals surface area contributed by atoms with Crippen molar-refractivity contribution in [3.8, 4) is 5.69 Å². The molecule has 2 heterocycles. The third kappa shape index (κ3) is 2.34. The van der Waals surface area contributed by atoms with Gasteiger partial charge in [-0.3, -0.25) is 0 Å². The molecular weight excluding hydrogens is 286 g/mol. The monoisotopic (exact) mass is 301 g/mol. The van der Waals surface area contributed by atoms with Crippen molar-refractivity contribution in [2.75, 3.05) is 12.4 Å². The zero-order chi connectivity index (χ0) is 15.0. The maximum atomic E-state index is 6.02. The van der Waals surface area contributed by atoms with Crippen LogP contribution >= 0.6 is 11.6 Å². The second-order valence-corrected chi connectivity index (χ2v) is 5.44. The smallest absolute Gasteiger partial charge is 0.226 e. The van der Waals surface area contributed by atoms with E-state index >= 15 is 0 Å². The van der Waals surface area contributed by atoms with E-state index in [-0.39, 0.29) is 5.28 Å². The van der Waals surface area contributed by atoms with Crippen LogP contribution in [-0.4, -0.2) is 26.8 Å². The van der Waals surface area contributed by atoms with Crippen LogP contribution in [0.5, 0.6) is 0 Å². The number of anilines is 1. The molecule has 1 N–H and O–H groups in total. The highest BCUT2D eigenvalue weighted by atomic mass is 35.5. The number of rotatable bonds is 3. The number of hydrogen-bond donors (Lipinski definition) is 1. The summed E-state index contributed by atoms with van der Waals surface area (Å²) in [6, 6.07) is 8.17. The molecule has 3 rings (SSSR count). The van der Waals surface area contributed by atoms with Gasteiger partial charge >= 0.3 is 0 Å². The molecule has 1 aromatic carbocycles. The fourth-order valence-corrected chi connectivity index (χ4v) is 2.58. The molecule has 0 amide bonds. The van der Waals surface area contributed by atoms with Crippen LogP contribution in [0.2, 0.25) is 5.28 Å². The van der Waals surface area contributed by atoms with Crippen molar-refractivity contribution in [1.29, 1.82) is 0 Å². The topological polar surface area (TPSA) is 55.6 Å². The lowest BCUT2D eigenvalue weighted by Gasteiger charge is -2.13. The van der Waals surface area contributed by atoms with Gasteiger partial charge in [0.25, 0.3) is 0 Å². The molecule has 0 fully saturated rings. The summed E-state index contributed by atoms with van der Waals surface area (Å²) in [5.74, 6) is 1.07. The third-order valence-electron chi connectivity index (χ3n) is 3.42. The van der Waals surface area contributed by atoms with Crippen molar-refractivity contribution >= 4 is 28.5 Å². The van der Waals surface area contributed by atoms with E-state index in [0.717, 1.165) is 11.1 Å². The zero-order valence-corrected chi connectivity index (χ0v) is 12.9. The van der Waals surface area contributed by atoms with Gasteiger partial charge in [-0.25, -0.2) is 4.68 Å². The molecule has 0 saturated carbocycles. The Morgan fingerprint density at radius 3 is 2.67 bits per heavy atom. The Hall–Kier alpha value is -2.14. The van der Waals surface area contributed by atoms with E-state index in [4.69, 9.17) is 11.6 Å². The highest BCUT2D eigenvalue weighted by molar-refractivity contribution is 6.28. The van der Waals surface area contributed by atoms with Gasteiger partial charge in [0.2, 0.25) is 5.28 Å². The SMILES string of the molecule is CNc1nc(Cl)nc2c1cnn2-c1ccccc1C(C)C. The number of para-hydroxylation sites is 1. The maximum Gasteiger partial charge on any atom is 0.226 e. The summed E-state index contributed by atoms with van der Waals surface area (Å²) in [6.07, 6.45) is 1.76. The molecule has 0 spiro atoms. The summed E-state index contributed by atoms with van der Waals surface area (Å²) >= 11 is 6.02. The van der Waals surface area contributed by atoms with Crippen molar-refractivity contribution < 1.29 is 0 Å². The van der Waals surface area contributed by atoms with Crippen molar-refractivity contribution in [1.82, 2.24) is 19.7 Å². The van der Waals surface area contributed by atoms with Crippen molar-refractivity contribution in [3.05, 3.63) is 41.3 Å². The first-order valence-electron chi connectivity index (χ1n) is 6.80. The minimum absolute atomic E-state index is 0.204. The predicted molar refractivity (Wildman–Crippen MR) is 85.3 cm³/mol. The van der Waals surface area contributed by atoms with Crippen LogP contribution in [-0.2, 0) is 0 Å². The summed E-state index contributed by atoms with van der Waals surface area (Å²) < 4.78 is 1.82. The molecule has 2 aromatic heterocycles. The molecular formula is C15H16ClN5. The minimum atomic E-state index is 0.204. The average molecular weight is 302 g/mol. The van der Waals surface area contributed by atoms with Crippen LogP contribution in [0.3, 0.4) is 0 Å². The van der Waals surface area contributed by atoms with Crippen LogP contribution in [0.4, 0.5) is 5.82 Å². The standard InChI is InChI=1S/C15H16ClN5/c1-9(2)10-6-4-5-7-12(10)21-14-11(8-18-21)13(17-3)19-15(16)20-14/h4-9H,1-3H3,(H,17,19,20). The normalized spacial score (nSPS) is 11.3. The Labute approximate surface area is 128 Å².